The number of hydrogen-bond donors (Lipinski definition) is 3. The SMILES string of the molecule is C=C[C@@]12C=C[C@H](c3cc4c(cc3O)NC3=C(C(=O)OC)C[C@]5(C)C=CCN6CCC34C65)N3CCC4(c5ccccc5NC(=O)[C@]4(C(=O)OC)C1)C32. The van der Waals surface area contributed by atoms with Gasteiger partial charge in [0.15, 0.2) is 5.41 Å². The van der Waals surface area contributed by atoms with Crippen LogP contribution in [0.2, 0.25) is 0 Å². The summed E-state index contributed by atoms with van der Waals surface area (Å²) in [5.74, 6) is -1.04. The number of carbonyl (C=O) groups excluding carboxylic acids is 3. The number of methoxy groups -OCH3 is 2. The number of nitrogens with one attached hydrogen (secondary N) is 2. The van der Waals surface area contributed by atoms with Crippen molar-refractivity contribution in [2.45, 2.75) is 61.6 Å². The lowest BCUT2D eigenvalue weighted by molar-refractivity contribution is -0.162. The molecule has 2 aromatic carbocycles. The molecule has 0 aromatic heterocycles. The average molecular weight is 687 g/mol. The number of esters is 2. The van der Waals surface area contributed by atoms with Gasteiger partial charge in [-0.2, -0.15) is 0 Å². The molecule has 2 aromatic rings. The normalized spacial score (nSPS) is 39.2. The van der Waals surface area contributed by atoms with Crippen LogP contribution in [-0.4, -0.2) is 78.7 Å². The highest BCUT2D eigenvalue weighted by Gasteiger charge is 2.80. The van der Waals surface area contributed by atoms with Crippen molar-refractivity contribution in [1.82, 2.24) is 9.80 Å². The lowest BCUT2D eigenvalue weighted by Crippen LogP contribution is -2.61. The van der Waals surface area contributed by atoms with E-state index in [0.717, 1.165) is 47.6 Å². The third-order valence-electron chi connectivity index (χ3n) is 14.4. The van der Waals surface area contributed by atoms with Crippen molar-refractivity contribution >= 4 is 29.2 Å². The number of nitrogens with zero attached hydrogens (tertiary/aromatic N) is 2. The molecule has 8 atom stereocenters. The molecule has 0 bridgehead atoms. The summed E-state index contributed by atoms with van der Waals surface area (Å²) in [6.45, 7) is 8.88. The molecule has 1 amide bonds. The Labute approximate surface area is 296 Å². The first-order chi connectivity index (χ1) is 24.5. The van der Waals surface area contributed by atoms with Gasteiger partial charge < -0.3 is 25.2 Å². The molecule has 0 radical (unpaired) electrons. The fourth-order valence-electron chi connectivity index (χ4n) is 12.8. The lowest BCUT2D eigenvalue weighted by Gasteiger charge is -2.52. The van der Waals surface area contributed by atoms with Crippen molar-refractivity contribution in [2.75, 3.05) is 44.5 Å². The molecule has 6 heterocycles. The van der Waals surface area contributed by atoms with Crippen molar-refractivity contribution in [1.29, 1.82) is 0 Å². The van der Waals surface area contributed by atoms with E-state index in [-0.39, 0.29) is 47.6 Å². The number of phenolic OH excluding ortho intramolecular Hbond substituents is 1. The molecule has 4 unspecified atom stereocenters. The van der Waals surface area contributed by atoms with Crippen molar-refractivity contribution in [2.24, 2.45) is 16.2 Å². The summed E-state index contributed by atoms with van der Waals surface area (Å²) in [4.78, 5) is 46.8. The fourth-order valence-corrected chi connectivity index (χ4v) is 12.8. The zero-order valence-electron chi connectivity index (χ0n) is 29.1. The van der Waals surface area contributed by atoms with E-state index in [9.17, 15) is 19.5 Å². The van der Waals surface area contributed by atoms with Gasteiger partial charge >= 0.3 is 11.9 Å². The van der Waals surface area contributed by atoms with Crippen LogP contribution >= 0.6 is 0 Å². The lowest BCUT2D eigenvalue weighted by atomic mass is 9.56. The molecular weight excluding hydrogens is 644 g/mol. The maximum Gasteiger partial charge on any atom is 0.335 e. The molecule has 2 saturated heterocycles. The van der Waals surface area contributed by atoms with Crippen LogP contribution in [0, 0.1) is 16.2 Å². The van der Waals surface area contributed by atoms with Gasteiger partial charge in [-0.05, 0) is 48.9 Å². The Balaban J connectivity index is 1.16. The first-order valence-corrected chi connectivity index (χ1v) is 18.0. The van der Waals surface area contributed by atoms with Gasteiger partial charge in [-0.1, -0.05) is 55.5 Å². The Morgan fingerprint density at radius 2 is 1.84 bits per heavy atom. The Hall–Kier alpha value is -4.67. The Kier molecular flexibility index (Phi) is 5.98. The minimum atomic E-state index is -1.47. The van der Waals surface area contributed by atoms with Crippen LogP contribution in [0.1, 0.15) is 55.3 Å². The molecule has 6 aliphatic heterocycles. The molecular formula is C41H42N4O6. The quantitative estimate of drug-likeness (QED) is 0.236. The molecule has 10 heteroatoms. The third kappa shape index (κ3) is 3.31. The molecule has 3 N–H and O–H groups in total. The third-order valence-corrected chi connectivity index (χ3v) is 14.4. The number of aromatic hydroxyl groups is 1. The summed E-state index contributed by atoms with van der Waals surface area (Å²) in [7, 11) is 2.80. The van der Waals surface area contributed by atoms with Gasteiger partial charge in [0.05, 0.1) is 31.2 Å². The first-order valence-electron chi connectivity index (χ1n) is 18.0. The number of ether oxygens (including phenoxy) is 2. The average Bonchev–Trinajstić information content (AvgIpc) is 3.88. The summed E-state index contributed by atoms with van der Waals surface area (Å²) in [6, 6.07) is 11.3. The monoisotopic (exact) mass is 686 g/mol. The van der Waals surface area contributed by atoms with Gasteiger partial charge in [0.25, 0.3) is 0 Å². The van der Waals surface area contributed by atoms with E-state index in [4.69, 9.17) is 9.47 Å². The van der Waals surface area contributed by atoms with Crippen LogP contribution < -0.4 is 10.6 Å². The largest absolute Gasteiger partial charge is 0.508 e. The summed E-state index contributed by atoms with van der Waals surface area (Å²) >= 11 is 0. The highest BCUT2D eigenvalue weighted by molar-refractivity contribution is 6.14. The minimum absolute atomic E-state index is 0.127. The number of amides is 1. The highest BCUT2D eigenvalue weighted by Crippen LogP contribution is 2.73. The second kappa shape index (κ2) is 9.80. The standard InChI is InChI=1S/C41H42N4O6/c1-5-38-13-11-29(45-18-15-40(34(38)45)25-9-6-7-10-27(25)43-35(48)41(40,22-38)36(49)51-4)23-19-26-28(20-30(23)46)42-31-24(32(47)50-3)21-37(2)12-8-16-44-17-14-39(26,31)33(37)44/h5-13,19-20,29,33-34,42,46H,1,14-18,21-22H2,2-4H3,(H,43,48)/t29-,33?,34?,37+,38-,39?,40?,41+/m1/s1. The van der Waals surface area contributed by atoms with Gasteiger partial charge in [0.1, 0.15) is 5.75 Å². The maximum absolute atomic E-state index is 14.3. The number of fused-ring (bicyclic) bond motifs is 2. The maximum atomic E-state index is 14.3. The second-order valence-corrected chi connectivity index (χ2v) is 16.2. The van der Waals surface area contributed by atoms with Crippen molar-refractivity contribution in [3.05, 3.63) is 101 Å². The smallest absolute Gasteiger partial charge is 0.335 e. The van der Waals surface area contributed by atoms with Gasteiger partial charge in [-0.3, -0.25) is 19.4 Å². The zero-order chi connectivity index (χ0) is 35.3. The van der Waals surface area contributed by atoms with E-state index in [0.29, 0.717) is 30.6 Å². The molecule has 262 valence electrons. The molecule has 10 rings (SSSR count). The number of hydrogen-bond acceptors (Lipinski definition) is 9. The molecule has 2 spiro atoms. The Bertz CT molecular complexity index is 2110. The van der Waals surface area contributed by atoms with E-state index in [1.807, 2.05) is 36.4 Å². The van der Waals surface area contributed by atoms with E-state index in [2.05, 4.69) is 64.3 Å². The van der Waals surface area contributed by atoms with Crippen LogP contribution in [0.4, 0.5) is 11.4 Å². The van der Waals surface area contributed by atoms with Crippen molar-refractivity contribution < 1.29 is 29.0 Å². The first kappa shape index (κ1) is 31.1. The van der Waals surface area contributed by atoms with Gasteiger partial charge in [0, 0.05) is 76.7 Å². The molecule has 10 nitrogen and oxygen atoms in total. The Morgan fingerprint density at radius 3 is 2.63 bits per heavy atom. The van der Waals surface area contributed by atoms with Crippen LogP contribution in [0.3, 0.4) is 0 Å². The van der Waals surface area contributed by atoms with Gasteiger partial charge in [-0.25, -0.2) is 4.79 Å². The minimum Gasteiger partial charge on any atom is -0.508 e. The summed E-state index contributed by atoms with van der Waals surface area (Å²) in [6.07, 6.45) is 12.9. The van der Waals surface area contributed by atoms with E-state index >= 15 is 0 Å². The molecule has 51 heavy (non-hydrogen) atoms. The van der Waals surface area contributed by atoms with E-state index < -0.39 is 27.6 Å². The van der Waals surface area contributed by atoms with Gasteiger partial charge in [0.2, 0.25) is 5.91 Å². The number of phenols is 1. The van der Waals surface area contributed by atoms with Crippen LogP contribution in [0.25, 0.3) is 0 Å². The molecule has 3 fully saturated rings. The van der Waals surface area contributed by atoms with Crippen LogP contribution in [0.15, 0.2) is 84.6 Å². The summed E-state index contributed by atoms with van der Waals surface area (Å²) in [5.41, 5.74) is 2.04. The fraction of sp³-hybridized carbons (Fsp3) is 0.439. The molecule has 8 aliphatic rings. The predicted molar refractivity (Wildman–Crippen MR) is 190 cm³/mol. The van der Waals surface area contributed by atoms with Gasteiger partial charge in [-0.15, -0.1) is 6.58 Å². The van der Waals surface area contributed by atoms with E-state index in [1.54, 1.807) is 0 Å². The summed E-state index contributed by atoms with van der Waals surface area (Å²) < 4.78 is 10.9. The second-order valence-electron chi connectivity index (χ2n) is 16.2. The number of rotatable bonds is 4. The number of anilines is 2. The number of benzene rings is 2. The van der Waals surface area contributed by atoms with Crippen molar-refractivity contribution in [3.63, 3.8) is 0 Å². The number of carbonyl (C=O) groups is 3. The summed E-state index contributed by atoms with van der Waals surface area (Å²) in [5, 5.41) is 18.6. The molecule has 2 aliphatic carbocycles. The zero-order valence-corrected chi connectivity index (χ0v) is 29.1. The topological polar surface area (TPSA) is 120 Å². The Morgan fingerprint density at radius 1 is 1.02 bits per heavy atom. The highest BCUT2D eigenvalue weighted by atomic mass is 16.5. The number of para-hydroxylation sites is 1. The van der Waals surface area contributed by atoms with Crippen LogP contribution in [0.5, 0.6) is 5.75 Å². The molecule has 1 saturated carbocycles. The van der Waals surface area contributed by atoms with Crippen LogP contribution in [-0.2, 0) is 34.7 Å². The predicted octanol–water partition coefficient (Wildman–Crippen LogP) is 4.85. The van der Waals surface area contributed by atoms with Crippen molar-refractivity contribution in [3.8, 4) is 5.75 Å². The van der Waals surface area contributed by atoms with E-state index in [1.165, 1.54) is 14.2 Å².